The Morgan fingerprint density at radius 2 is 1.54 bits per heavy atom. The van der Waals surface area contributed by atoms with Crippen LogP contribution in [0.4, 0.5) is 5.69 Å². The van der Waals surface area contributed by atoms with Gasteiger partial charge in [0.2, 0.25) is 5.91 Å². The van der Waals surface area contributed by atoms with Crippen molar-refractivity contribution >= 4 is 46.6 Å². The van der Waals surface area contributed by atoms with E-state index in [0.29, 0.717) is 27.9 Å². The Morgan fingerprint density at radius 1 is 0.914 bits per heavy atom. The fraction of sp³-hybridized carbons (Fsp3) is 0.154. The second-order valence-electron chi connectivity index (χ2n) is 7.50. The van der Waals surface area contributed by atoms with Gasteiger partial charge in [-0.3, -0.25) is 4.79 Å². The van der Waals surface area contributed by atoms with E-state index in [-0.39, 0.29) is 5.91 Å². The number of H-pyrrole nitrogens is 1. The van der Waals surface area contributed by atoms with Crippen molar-refractivity contribution in [2.45, 2.75) is 11.6 Å². The lowest BCUT2D eigenvalue weighted by atomic mass is 10.0. The summed E-state index contributed by atoms with van der Waals surface area (Å²) in [4.78, 5) is 20.6. The largest absolute Gasteiger partial charge is 0.497 e. The predicted octanol–water partition coefficient (Wildman–Crippen LogP) is 7.19. The Morgan fingerprint density at radius 3 is 2.14 bits per heavy atom. The quantitative estimate of drug-likeness (QED) is 0.225. The number of benzene rings is 3. The summed E-state index contributed by atoms with van der Waals surface area (Å²) in [6.45, 7) is 0. The zero-order chi connectivity index (χ0) is 24.8. The molecular weight excluding hydrogens is 505 g/mol. The van der Waals surface area contributed by atoms with Crippen molar-refractivity contribution in [2.75, 3.05) is 25.3 Å². The first-order valence-electron chi connectivity index (χ1n) is 10.7. The maximum absolute atomic E-state index is 12.4. The number of methoxy groups -OCH3 is 2. The predicted molar refractivity (Wildman–Crippen MR) is 143 cm³/mol. The molecule has 0 atom stereocenters. The summed E-state index contributed by atoms with van der Waals surface area (Å²) in [7, 11) is 3.28. The van der Waals surface area contributed by atoms with E-state index in [1.807, 2.05) is 48.5 Å². The number of halogens is 2. The number of carbonyl (C=O) groups excluding carboxylic acids is 1. The standard InChI is InChI=1S/C26H23Cl2N3O3S/c1-33-19-8-3-16(4-9-19)24-25(17-5-10-20(34-2)11-6-17)31-26(30-24)35-14-13-23(32)29-18-7-12-21(27)22(28)15-18/h3-12,15H,13-14H2,1-2H3,(H,29,32)(H,30,31). The van der Waals surface area contributed by atoms with Crippen molar-refractivity contribution < 1.29 is 14.3 Å². The maximum Gasteiger partial charge on any atom is 0.225 e. The van der Waals surface area contributed by atoms with Crippen molar-refractivity contribution in [2.24, 2.45) is 0 Å². The van der Waals surface area contributed by atoms with Gasteiger partial charge >= 0.3 is 0 Å². The number of imidazole rings is 1. The Bertz CT molecular complexity index is 1240. The lowest BCUT2D eigenvalue weighted by molar-refractivity contribution is -0.115. The third kappa shape index (κ3) is 6.31. The van der Waals surface area contributed by atoms with E-state index in [1.54, 1.807) is 32.4 Å². The molecule has 2 N–H and O–H groups in total. The smallest absolute Gasteiger partial charge is 0.225 e. The second kappa shape index (κ2) is 11.5. The molecule has 0 fully saturated rings. The minimum absolute atomic E-state index is 0.117. The monoisotopic (exact) mass is 527 g/mol. The molecule has 35 heavy (non-hydrogen) atoms. The van der Waals surface area contributed by atoms with Gasteiger partial charge in [-0.15, -0.1) is 0 Å². The van der Waals surface area contributed by atoms with Gasteiger partial charge in [-0.1, -0.05) is 35.0 Å². The fourth-order valence-electron chi connectivity index (χ4n) is 3.38. The molecule has 0 radical (unpaired) electrons. The number of hydrogen-bond acceptors (Lipinski definition) is 5. The van der Waals surface area contributed by atoms with Crippen molar-refractivity contribution in [1.82, 2.24) is 9.97 Å². The van der Waals surface area contributed by atoms with Crippen LogP contribution in [0.3, 0.4) is 0 Å². The SMILES string of the molecule is COc1ccc(-c2nc(SCCC(=O)Nc3ccc(Cl)c(Cl)c3)[nH]c2-c2ccc(OC)cc2)cc1. The second-order valence-corrected chi connectivity index (χ2v) is 9.40. The molecule has 180 valence electrons. The summed E-state index contributed by atoms with van der Waals surface area (Å²) >= 11 is 13.4. The third-order valence-corrected chi connectivity index (χ3v) is 6.81. The van der Waals surface area contributed by atoms with Crippen LogP contribution in [0, 0.1) is 0 Å². The van der Waals surface area contributed by atoms with Crippen molar-refractivity contribution in [3.05, 3.63) is 76.8 Å². The summed E-state index contributed by atoms with van der Waals surface area (Å²) in [5, 5.41) is 4.40. The van der Waals surface area contributed by atoms with Crippen molar-refractivity contribution in [3.63, 3.8) is 0 Å². The van der Waals surface area contributed by atoms with Crippen molar-refractivity contribution in [3.8, 4) is 34.0 Å². The van der Waals surface area contributed by atoms with Crippen LogP contribution in [0.15, 0.2) is 71.9 Å². The number of amides is 1. The highest BCUT2D eigenvalue weighted by atomic mass is 35.5. The number of nitrogens with zero attached hydrogens (tertiary/aromatic N) is 1. The zero-order valence-corrected chi connectivity index (χ0v) is 21.4. The highest BCUT2D eigenvalue weighted by Gasteiger charge is 2.15. The number of thioether (sulfide) groups is 1. The minimum Gasteiger partial charge on any atom is -0.497 e. The van der Waals surface area contributed by atoms with Crippen LogP contribution >= 0.6 is 35.0 Å². The molecule has 0 bridgehead atoms. The zero-order valence-electron chi connectivity index (χ0n) is 19.1. The summed E-state index contributed by atoms with van der Waals surface area (Å²) in [5.74, 6) is 1.98. The van der Waals surface area contributed by atoms with E-state index in [1.165, 1.54) is 11.8 Å². The number of anilines is 1. The Balaban J connectivity index is 1.49. The first-order chi connectivity index (χ1) is 17.0. The molecular formula is C26H23Cl2N3O3S. The van der Waals surface area contributed by atoms with Crippen LogP contribution in [0.2, 0.25) is 10.0 Å². The first kappa shape index (κ1) is 25.0. The highest BCUT2D eigenvalue weighted by molar-refractivity contribution is 7.99. The molecule has 0 unspecified atom stereocenters. The van der Waals surface area contributed by atoms with Gasteiger partial charge in [0.15, 0.2) is 5.16 Å². The van der Waals surface area contributed by atoms with Crippen LogP contribution in [0.25, 0.3) is 22.5 Å². The van der Waals surface area contributed by atoms with Gasteiger partial charge in [-0.2, -0.15) is 0 Å². The van der Waals surface area contributed by atoms with Gasteiger partial charge in [-0.25, -0.2) is 4.98 Å². The van der Waals surface area contributed by atoms with Crippen molar-refractivity contribution in [1.29, 1.82) is 0 Å². The van der Waals surface area contributed by atoms with Crippen LogP contribution in [0.1, 0.15) is 6.42 Å². The number of hydrogen-bond donors (Lipinski definition) is 2. The molecule has 1 amide bonds. The molecule has 0 spiro atoms. The van der Waals surface area contributed by atoms with Gasteiger partial charge in [0.1, 0.15) is 11.5 Å². The molecule has 0 aliphatic carbocycles. The molecule has 0 aliphatic rings. The molecule has 9 heteroatoms. The molecule has 0 saturated carbocycles. The summed E-state index contributed by atoms with van der Waals surface area (Å²) in [6.07, 6.45) is 0.307. The van der Waals surface area contributed by atoms with Gasteiger partial charge in [0, 0.05) is 29.0 Å². The van der Waals surface area contributed by atoms with Crippen LogP contribution < -0.4 is 14.8 Å². The topological polar surface area (TPSA) is 76.2 Å². The summed E-state index contributed by atoms with van der Waals surface area (Å²) < 4.78 is 10.6. The number of aromatic amines is 1. The maximum atomic E-state index is 12.4. The normalized spacial score (nSPS) is 10.7. The number of nitrogens with one attached hydrogen (secondary N) is 2. The summed E-state index contributed by atoms with van der Waals surface area (Å²) in [5.41, 5.74) is 4.25. The average Bonchev–Trinajstić information content (AvgIpc) is 3.30. The Labute approximate surface area is 218 Å². The highest BCUT2D eigenvalue weighted by Crippen LogP contribution is 2.34. The van der Waals surface area contributed by atoms with E-state index < -0.39 is 0 Å². The van der Waals surface area contributed by atoms with Gasteiger partial charge in [-0.05, 0) is 66.7 Å². The fourth-order valence-corrected chi connectivity index (χ4v) is 4.49. The van der Waals surface area contributed by atoms with Gasteiger partial charge in [0.05, 0.1) is 35.7 Å². The molecule has 4 aromatic rings. The number of carbonyl (C=O) groups is 1. The van der Waals surface area contributed by atoms with E-state index in [2.05, 4.69) is 10.3 Å². The van der Waals surface area contributed by atoms with Gasteiger partial charge < -0.3 is 19.8 Å². The van der Waals surface area contributed by atoms with Gasteiger partial charge in [0.25, 0.3) is 0 Å². The molecule has 3 aromatic carbocycles. The molecule has 4 rings (SSSR count). The van der Waals surface area contributed by atoms with E-state index >= 15 is 0 Å². The number of aromatic nitrogens is 2. The Hall–Kier alpha value is -3.13. The number of rotatable bonds is 9. The lowest BCUT2D eigenvalue weighted by Crippen LogP contribution is -2.12. The minimum atomic E-state index is -0.117. The first-order valence-corrected chi connectivity index (χ1v) is 12.5. The van der Waals surface area contributed by atoms with E-state index in [9.17, 15) is 4.79 Å². The molecule has 1 heterocycles. The third-order valence-electron chi connectivity index (χ3n) is 5.20. The summed E-state index contributed by atoms with van der Waals surface area (Å²) in [6, 6.07) is 20.5. The van der Waals surface area contributed by atoms with Crippen LogP contribution in [-0.2, 0) is 4.79 Å². The van der Waals surface area contributed by atoms with E-state index in [0.717, 1.165) is 39.2 Å². The molecule has 0 aliphatic heterocycles. The molecule has 0 saturated heterocycles. The molecule has 1 aromatic heterocycles. The van der Waals surface area contributed by atoms with Crippen LogP contribution in [0.5, 0.6) is 11.5 Å². The van der Waals surface area contributed by atoms with E-state index in [4.69, 9.17) is 37.7 Å². The van der Waals surface area contributed by atoms with Crippen LogP contribution in [-0.4, -0.2) is 35.8 Å². The lowest BCUT2D eigenvalue weighted by Gasteiger charge is -2.06. The Kier molecular flexibility index (Phi) is 8.23. The average molecular weight is 528 g/mol. The number of ether oxygens (including phenoxy) is 2. The molecule has 6 nitrogen and oxygen atoms in total.